The van der Waals surface area contributed by atoms with E-state index in [0.29, 0.717) is 0 Å². The summed E-state index contributed by atoms with van der Waals surface area (Å²) in [5.41, 5.74) is 35.3. The first-order valence-electron chi connectivity index (χ1n) is 40.6. The molecule has 0 spiro atoms. The van der Waals surface area contributed by atoms with Crippen LogP contribution in [-0.4, -0.2) is 38.0 Å². The van der Waals surface area contributed by atoms with Crippen LogP contribution in [0.5, 0.6) is 0 Å². The van der Waals surface area contributed by atoms with Crippen LogP contribution in [0.3, 0.4) is 0 Å². The van der Waals surface area contributed by atoms with Crippen molar-refractivity contribution in [3.8, 4) is 118 Å². The van der Waals surface area contributed by atoms with Gasteiger partial charge < -0.3 is 18.1 Å². The van der Waals surface area contributed by atoms with Crippen molar-refractivity contribution in [2.75, 3.05) is 0 Å². The molecule has 22 rings (SSSR count). The number of benzene rings is 12. The molecule has 0 unspecified atom stereocenters. The molecule has 3 aliphatic rings. The zero-order valence-corrected chi connectivity index (χ0v) is 64.0. The first kappa shape index (κ1) is 70.2. The van der Waals surface area contributed by atoms with Gasteiger partial charge in [0.2, 0.25) is 0 Å². The average molecular weight is 1490 g/mol. The zero-order chi connectivity index (χ0) is 76.5. The topological polar surface area (TPSA) is 70.8 Å². The van der Waals surface area contributed by atoms with Gasteiger partial charge in [0.05, 0.1) is 45.0 Å². The van der Waals surface area contributed by atoms with Crippen LogP contribution >= 0.6 is 0 Å². The number of aromatic nitrogens is 8. The summed E-state index contributed by atoms with van der Waals surface area (Å²) in [6.07, 6.45) is 18.2. The lowest BCUT2D eigenvalue weighted by molar-refractivity contribution is 0.629. The Hall–Kier alpha value is -13.9. The second-order valence-electron chi connectivity index (χ2n) is 30.5. The number of pyridine rings is 2. The van der Waals surface area contributed by atoms with E-state index in [4.69, 9.17) is 19.9 Å². The van der Waals surface area contributed by atoms with Crippen LogP contribution in [0.2, 0.25) is 0 Å². The predicted octanol–water partition coefficient (Wildman–Crippen LogP) is 26.5. The van der Waals surface area contributed by atoms with Crippen molar-refractivity contribution in [2.24, 2.45) is 0 Å². The molecule has 3 aliphatic carbocycles. The molecule has 0 N–H and O–H groups in total. The van der Waals surface area contributed by atoms with Crippen molar-refractivity contribution in [1.29, 1.82) is 0 Å². The molecule has 0 fully saturated rings. The lowest BCUT2D eigenvalue weighted by Gasteiger charge is -2.17. The summed E-state index contributed by atoms with van der Waals surface area (Å²) >= 11 is 0. The maximum Gasteiger partial charge on any atom is 0.160 e. The van der Waals surface area contributed by atoms with Crippen LogP contribution < -0.4 is 0 Å². The number of para-hydroxylation sites is 2. The van der Waals surface area contributed by atoms with Crippen molar-refractivity contribution in [2.45, 2.75) is 77.0 Å². The quantitative estimate of drug-likeness (QED) is 0.122. The van der Waals surface area contributed by atoms with E-state index in [-0.39, 0.29) is 5.82 Å². The first-order chi connectivity index (χ1) is 56.9. The highest BCUT2D eigenvalue weighted by Crippen LogP contribution is 2.41. The molecule has 12 aromatic carbocycles. The number of fused-ring (bicyclic) bond motifs is 10. The Bertz CT molecular complexity index is 6380. The predicted molar refractivity (Wildman–Crippen MR) is 471 cm³/mol. The van der Waals surface area contributed by atoms with E-state index in [1.165, 1.54) is 152 Å². The third-order valence-electron chi connectivity index (χ3n) is 23.5. The number of nitrogens with zero attached hydrogens (tertiary/aromatic N) is 8. The van der Waals surface area contributed by atoms with E-state index in [1.54, 1.807) is 12.1 Å². The highest BCUT2D eigenvalue weighted by molar-refractivity contribution is 5.91. The van der Waals surface area contributed by atoms with Gasteiger partial charge in [-0.05, 0) is 224 Å². The molecule has 115 heavy (non-hydrogen) atoms. The normalized spacial score (nSPS) is 13.0. The molecule has 0 amide bonds. The van der Waals surface area contributed by atoms with Gasteiger partial charge in [0.25, 0.3) is 0 Å². The minimum absolute atomic E-state index is 0.162. The smallest absolute Gasteiger partial charge is 0.160 e. The Morgan fingerprint density at radius 3 is 1.04 bits per heavy atom. The van der Waals surface area contributed by atoms with Crippen LogP contribution in [0.25, 0.3) is 156 Å². The van der Waals surface area contributed by atoms with E-state index in [0.717, 1.165) is 116 Å². The Morgan fingerprint density at radius 1 is 0.235 bits per heavy atom. The SMILES string of the molecule is Fc1ccc2c(c1)c1c(n2-c2ccc(-c3cn4ccccc4n3)cc2)CCCC1.c1ccc(-c2ccc(-c3cc(-c4ccc(-n5c6c(c7ccccc75)CCCC6)cc4)cc(-c4ccccc4)n3)cc2)cc1.c1ccc(-c2ccc(-c3cc(-c4ccc(-n5c6c(c7ccccc75)CCCC6)cc4)nc(-c4ccccc4)n3)cc2)cc1. The van der Waals surface area contributed by atoms with Gasteiger partial charge in [0, 0.05) is 96.1 Å². The number of aryl methyl sites for hydroxylation is 3. The minimum Gasteiger partial charge on any atom is -0.313 e. The van der Waals surface area contributed by atoms with Crippen LogP contribution in [0, 0.1) is 5.82 Å². The van der Waals surface area contributed by atoms with E-state index >= 15 is 0 Å². The maximum absolute atomic E-state index is 13.9. The Labute approximate surface area is 669 Å². The third-order valence-corrected chi connectivity index (χ3v) is 23.5. The maximum atomic E-state index is 13.9. The van der Waals surface area contributed by atoms with Crippen molar-refractivity contribution in [3.63, 3.8) is 0 Å². The molecule has 8 nitrogen and oxygen atoms in total. The molecule has 0 radical (unpaired) electrons. The van der Waals surface area contributed by atoms with Gasteiger partial charge in [-0.1, -0.05) is 249 Å². The summed E-state index contributed by atoms with van der Waals surface area (Å²) in [5, 5.41) is 3.86. The molecule has 0 saturated heterocycles. The average Bonchev–Trinajstić information content (AvgIpc) is 1.59. The number of hydrogen-bond acceptors (Lipinski definition) is 4. The molecule has 554 valence electrons. The first-order valence-corrected chi connectivity index (χ1v) is 40.6. The lowest BCUT2D eigenvalue weighted by Crippen LogP contribution is -2.06. The number of hydrogen-bond donors (Lipinski definition) is 0. The van der Waals surface area contributed by atoms with Gasteiger partial charge in [-0.3, -0.25) is 0 Å². The zero-order valence-electron chi connectivity index (χ0n) is 64.0. The molecule has 7 heterocycles. The third kappa shape index (κ3) is 13.9. The van der Waals surface area contributed by atoms with Crippen LogP contribution in [0.4, 0.5) is 4.39 Å². The molecule has 0 saturated carbocycles. The number of rotatable bonds is 12. The number of halogens is 1. The Balaban J connectivity index is 0.000000114. The molecular formula is C106H83FN8. The highest BCUT2D eigenvalue weighted by atomic mass is 19.1. The van der Waals surface area contributed by atoms with Crippen LogP contribution in [0.15, 0.2) is 358 Å². The van der Waals surface area contributed by atoms with Crippen molar-refractivity contribution in [3.05, 3.63) is 398 Å². The lowest BCUT2D eigenvalue weighted by atomic mass is 9.95. The second kappa shape index (κ2) is 31.0. The molecule has 0 aliphatic heterocycles. The molecule has 7 aromatic heterocycles. The largest absolute Gasteiger partial charge is 0.313 e. The van der Waals surface area contributed by atoms with Crippen molar-refractivity contribution in [1.82, 2.24) is 38.0 Å². The molecular weight excluding hydrogens is 1400 g/mol. The summed E-state index contributed by atoms with van der Waals surface area (Å²) in [6.45, 7) is 0. The van der Waals surface area contributed by atoms with E-state index < -0.39 is 0 Å². The Morgan fingerprint density at radius 2 is 0.574 bits per heavy atom. The summed E-state index contributed by atoms with van der Waals surface area (Å²) in [5.74, 6) is 0.569. The molecule has 19 aromatic rings. The van der Waals surface area contributed by atoms with Crippen LogP contribution in [0.1, 0.15) is 72.3 Å². The summed E-state index contributed by atoms with van der Waals surface area (Å²) < 4.78 is 23.3. The Kier molecular flexibility index (Phi) is 18.9. The fourth-order valence-electron chi connectivity index (χ4n) is 17.8. The van der Waals surface area contributed by atoms with E-state index in [1.807, 2.05) is 59.1 Å². The van der Waals surface area contributed by atoms with Gasteiger partial charge in [-0.15, -0.1) is 0 Å². The van der Waals surface area contributed by atoms with E-state index in [2.05, 4.69) is 305 Å². The van der Waals surface area contributed by atoms with Crippen LogP contribution in [-0.2, 0) is 38.5 Å². The molecule has 0 atom stereocenters. The monoisotopic (exact) mass is 1490 g/mol. The van der Waals surface area contributed by atoms with Crippen molar-refractivity contribution >= 4 is 38.4 Å². The van der Waals surface area contributed by atoms with Gasteiger partial charge in [0.1, 0.15) is 11.5 Å². The van der Waals surface area contributed by atoms with Gasteiger partial charge in [-0.25, -0.2) is 24.3 Å². The highest BCUT2D eigenvalue weighted by Gasteiger charge is 2.25. The molecule has 0 bridgehead atoms. The minimum atomic E-state index is -0.162. The standard InChI is InChI=1S/C41H32N2.C40H31N3.C25H20FN3/c1-3-11-29(12-4-1)30-19-21-33(22-20-30)39-28-34(27-38(42-39)32-13-5-2-6-14-32)31-23-25-35(26-24-31)43-40-17-9-7-15-36(40)37-16-8-10-18-41(37)43;1-3-11-28(12-4-1)29-19-21-30(22-20-29)36-27-37(42-40(41-36)32-13-5-2-6-14-32)31-23-25-33(26-24-31)43-38-17-9-7-15-34(38)35-16-8-10-18-39(35)43;26-18-10-13-24-21(15-18)20-5-1-2-6-23(20)29(24)19-11-8-17(9-12-19)22-16-28-14-4-3-7-25(28)27-22/h1-7,9,11-15,17,19-28H,8,10,16,18H2;1-7,9,11-15,17,19-27H,8,10,16,18H2;3-4,7-16H,1-2,5-6H2. The summed E-state index contributed by atoms with van der Waals surface area (Å²) in [4.78, 5) is 19.9. The van der Waals surface area contributed by atoms with Gasteiger partial charge in [-0.2, -0.15) is 0 Å². The van der Waals surface area contributed by atoms with Crippen molar-refractivity contribution < 1.29 is 4.39 Å². The van der Waals surface area contributed by atoms with Gasteiger partial charge in [0.15, 0.2) is 5.82 Å². The van der Waals surface area contributed by atoms with E-state index in [9.17, 15) is 4.39 Å². The fourth-order valence-corrected chi connectivity index (χ4v) is 17.8. The van der Waals surface area contributed by atoms with Gasteiger partial charge >= 0.3 is 0 Å². The summed E-state index contributed by atoms with van der Waals surface area (Å²) in [7, 11) is 0. The number of imidazole rings is 1. The fraction of sp³-hybridized carbons (Fsp3) is 0.113. The summed E-state index contributed by atoms with van der Waals surface area (Å²) in [6, 6.07) is 121. The second-order valence-corrected chi connectivity index (χ2v) is 30.5. The molecule has 9 heteroatoms.